The van der Waals surface area contributed by atoms with Gasteiger partial charge in [0.25, 0.3) is 0 Å². The van der Waals surface area contributed by atoms with Gasteiger partial charge in [0.15, 0.2) is 11.5 Å². The van der Waals surface area contributed by atoms with Crippen LogP contribution in [0.5, 0.6) is 11.5 Å². The van der Waals surface area contributed by atoms with Crippen LogP contribution in [0.2, 0.25) is 0 Å². The number of imidazole rings is 1. The average molecular weight is 337 g/mol. The van der Waals surface area contributed by atoms with Crippen molar-refractivity contribution in [1.82, 2.24) is 14.9 Å². The fraction of sp³-hybridized carbons (Fsp3) is 0.263. The molecule has 6 heteroatoms. The third kappa shape index (κ3) is 3.28. The number of benzene rings is 2. The number of aromatic nitrogens is 2. The van der Waals surface area contributed by atoms with Gasteiger partial charge in [-0.1, -0.05) is 29.8 Å². The zero-order chi connectivity index (χ0) is 17.2. The standard InChI is InChI=1S/C19H19N3O3/c1-13-2-4-14(5-3-13)10-20-19(23)11-22-12-21-15-8-17-18(9-16(15)22)25-7-6-24-17/h2-5,8-9,12H,6-7,10-11H2,1H3,(H,20,23). The van der Waals surface area contributed by atoms with Gasteiger partial charge >= 0.3 is 0 Å². The summed E-state index contributed by atoms with van der Waals surface area (Å²) >= 11 is 0. The first-order chi connectivity index (χ1) is 12.2. The lowest BCUT2D eigenvalue weighted by Crippen LogP contribution is -2.26. The second-order valence-corrected chi connectivity index (χ2v) is 6.12. The molecule has 0 radical (unpaired) electrons. The number of hydrogen-bond donors (Lipinski definition) is 1. The molecule has 3 aromatic rings. The van der Waals surface area contributed by atoms with E-state index in [1.54, 1.807) is 6.33 Å². The zero-order valence-electron chi connectivity index (χ0n) is 14.0. The number of nitrogens with zero attached hydrogens (tertiary/aromatic N) is 2. The first-order valence-corrected chi connectivity index (χ1v) is 8.26. The van der Waals surface area contributed by atoms with E-state index in [0.29, 0.717) is 31.3 Å². The molecule has 1 aliphatic rings. The lowest BCUT2D eigenvalue weighted by Gasteiger charge is -2.18. The van der Waals surface area contributed by atoms with Gasteiger partial charge in [0.2, 0.25) is 5.91 Å². The molecule has 0 bridgehead atoms. The number of fused-ring (bicyclic) bond motifs is 2. The minimum absolute atomic E-state index is 0.0604. The summed E-state index contributed by atoms with van der Waals surface area (Å²) < 4.78 is 13.0. The Kier molecular flexibility index (Phi) is 4.01. The molecule has 6 nitrogen and oxygen atoms in total. The van der Waals surface area contributed by atoms with E-state index >= 15 is 0 Å². The van der Waals surface area contributed by atoms with E-state index in [9.17, 15) is 4.79 Å². The zero-order valence-corrected chi connectivity index (χ0v) is 14.0. The van der Waals surface area contributed by atoms with Crippen molar-refractivity contribution in [2.75, 3.05) is 13.2 Å². The van der Waals surface area contributed by atoms with Crippen LogP contribution in [0, 0.1) is 6.92 Å². The molecule has 0 saturated heterocycles. The summed E-state index contributed by atoms with van der Waals surface area (Å²) in [5, 5.41) is 2.94. The molecule has 0 saturated carbocycles. The quantitative estimate of drug-likeness (QED) is 0.794. The minimum atomic E-state index is -0.0604. The van der Waals surface area contributed by atoms with Crippen LogP contribution in [0.25, 0.3) is 11.0 Å². The Morgan fingerprint density at radius 2 is 1.88 bits per heavy atom. The summed E-state index contributed by atoms with van der Waals surface area (Å²) in [6.45, 7) is 3.84. The van der Waals surface area contributed by atoms with Crippen LogP contribution in [0.3, 0.4) is 0 Å². The van der Waals surface area contributed by atoms with E-state index in [4.69, 9.17) is 9.47 Å². The van der Waals surface area contributed by atoms with Crippen molar-refractivity contribution in [3.8, 4) is 11.5 Å². The Morgan fingerprint density at radius 1 is 1.16 bits per heavy atom. The maximum atomic E-state index is 12.3. The highest BCUT2D eigenvalue weighted by Gasteiger charge is 2.16. The van der Waals surface area contributed by atoms with Crippen molar-refractivity contribution < 1.29 is 14.3 Å². The van der Waals surface area contributed by atoms with Gasteiger partial charge in [0.05, 0.1) is 17.4 Å². The highest BCUT2D eigenvalue weighted by molar-refractivity contribution is 5.83. The fourth-order valence-corrected chi connectivity index (χ4v) is 2.84. The second kappa shape index (κ2) is 6.47. The molecule has 2 aromatic carbocycles. The molecule has 0 fully saturated rings. The number of rotatable bonds is 4. The van der Waals surface area contributed by atoms with Crippen molar-refractivity contribution in [2.45, 2.75) is 20.0 Å². The van der Waals surface area contributed by atoms with Gasteiger partial charge in [-0.2, -0.15) is 0 Å². The highest BCUT2D eigenvalue weighted by Crippen LogP contribution is 2.34. The normalized spacial score (nSPS) is 13.0. The number of aryl methyl sites for hydroxylation is 1. The monoisotopic (exact) mass is 337 g/mol. The molecule has 1 aliphatic heterocycles. The van der Waals surface area contributed by atoms with E-state index in [1.807, 2.05) is 47.9 Å². The number of nitrogens with one attached hydrogen (secondary N) is 1. The van der Waals surface area contributed by atoms with Gasteiger partial charge in [0, 0.05) is 18.7 Å². The molecule has 4 rings (SSSR count). The molecular formula is C19H19N3O3. The van der Waals surface area contributed by atoms with E-state index in [0.717, 1.165) is 16.6 Å². The first kappa shape index (κ1) is 15.5. The van der Waals surface area contributed by atoms with Gasteiger partial charge in [-0.3, -0.25) is 4.79 Å². The van der Waals surface area contributed by atoms with Crippen molar-refractivity contribution in [1.29, 1.82) is 0 Å². The summed E-state index contributed by atoms with van der Waals surface area (Å²) in [7, 11) is 0. The summed E-state index contributed by atoms with van der Waals surface area (Å²) in [6.07, 6.45) is 1.67. The third-order valence-corrected chi connectivity index (χ3v) is 4.21. The number of carbonyl (C=O) groups excluding carboxylic acids is 1. The summed E-state index contributed by atoms with van der Waals surface area (Å²) in [5.41, 5.74) is 3.92. The van der Waals surface area contributed by atoms with Crippen LogP contribution in [-0.4, -0.2) is 28.7 Å². The lowest BCUT2D eigenvalue weighted by atomic mass is 10.1. The van der Waals surface area contributed by atoms with Gasteiger partial charge < -0.3 is 19.4 Å². The van der Waals surface area contributed by atoms with E-state index < -0.39 is 0 Å². The fourth-order valence-electron chi connectivity index (χ4n) is 2.84. The number of ether oxygens (including phenoxy) is 2. The van der Waals surface area contributed by atoms with Crippen LogP contribution in [0.4, 0.5) is 0 Å². The Bertz CT molecular complexity index is 916. The maximum absolute atomic E-state index is 12.3. The summed E-state index contributed by atoms with van der Waals surface area (Å²) in [4.78, 5) is 16.6. The van der Waals surface area contributed by atoms with Crippen LogP contribution < -0.4 is 14.8 Å². The van der Waals surface area contributed by atoms with Gasteiger partial charge in [-0.15, -0.1) is 0 Å². The molecule has 2 heterocycles. The predicted octanol–water partition coefficient (Wildman–Crippen LogP) is 2.43. The van der Waals surface area contributed by atoms with Crippen LogP contribution in [0.1, 0.15) is 11.1 Å². The molecular weight excluding hydrogens is 318 g/mol. The number of amides is 1. The Hall–Kier alpha value is -3.02. The van der Waals surface area contributed by atoms with Crippen molar-refractivity contribution in [3.05, 3.63) is 53.9 Å². The Balaban J connectivity index is 1.46. The molecule has 1 N–H and O–H groups in total. The topological polar surface area (TPSA) is 65.4 Å². The average Bonchev–Trinajstić information content (AvgIpc) is 3.01. The lowest BCUT2D eigenvalue weighted by molar-refractivity contribution is -0.121. The summed E-state index contributed by atoms with van der Waals surface area (Å²) in [6, 6.07) is 11.8. The van der Waals surface area contributed by atoms with Gasteiger partial charge in [-0.25, -0.2) is 4.98 Å². The molecule has 0 unspecified atom stereocenters. The number of carbonyl (C=O) groups is 1. The van der Waals surface area contributed by atoms with Crippen LogP contribution in [-0.2, 0) is 17.9 Å². The van der Waals surface area contributed by atoms with Crippen LogP contribution >= 0.6 is 0 Å². The molecule has 1 aromatic heterocycles. The second-order valence-electron chi connectivity index (χ2n) is 6.12. The van der Waals surface area contributed by atoms with Crippen molar-refractivity contribution >= 4 is 16.9 Å². The molecule has 128 valence electrons. The van der Waals surface area contributed by atoms with Crippen molar-refractivity contribution in [2.24, 2.45) is 0 Å². The Labute approximate surface area is 145 Å². The van der Waals surface area contributed by atoms with E-state index in [-0.39, 0.29) is 12.5 Å². The van der Waals surface area contributed by atoms with E-state index in [1.165, 1.54) is 5.56 Å². The molecule has 1 amide bonds. The third-order valence-electron chi connectivity index (χ3n) is 4.21. The molecule has 0 atom stereocenters. The predicted molar refractivity (Wildman–Crippen MR) is 93.7 cm³/mol. The maximum Gasteiger partial charge on any atom is 0.240 e. The van der Waals surface area contributed by atoms with Gasteiger partial charge in [0.1, 0.15) is 19.8 Å². The SMILES string of the molecule is Cc1ccc(CNC(=O)Cn2cnc3cc4c(cc32)OCCO4)cc1. The van der Waals surface area contributed by atoms with Crippen LogP contribution in [0.15, 0.2) is 42.7 Å². The van der Waals surface area contributed by atoms with Crippen molar-refractivity contribution in [3.63, 3.8) is 0 Å². The number of hydrogen-bond acceptors (Lipinski definition) is 4. The summed E-state index contributed by atoms with van der Waals surface area (Å²) in [5.74, 6) is 1.34. The Morgan fingerprint density at radius 3 is 2.64 bits per heavy atom. The largest absolute Gasteiger partial charge is 0.486 e. The molecule has 0 spiro atoms. The molecule has 25 heavy (non-hydrogen) atoms. The van der Waals surface area contributed by atoms with E-state index in [2.05, 4.69) is 10.3 Å². The molecule has 0 aliphatic carbocycles. The highest BCUT2D eigenvalue weighted by atomic mass is 16.6. The smallest absolute Gasteiger partial charge is 0.240 e. The minimum Gasteiger partial charge on any atom is -0.486 e. The van der Waals surface area contributed by atoms with Gasteiger partial charge in [-0.05, 0) is 12.5 Å². The first-order valence-electron chi connectivity index (χ1n) is 8.26.